The Morgan fingerprint density at radius 3 is 1.52 bits per heavy atom. The first-order valence-corrected chi connectivity index (χ1v) is 38.8. The van der Waals surface area contributed by atoms with Gasteiger partial charge in [0.15, 0.2) is 6.10 Å². The molecule has 1 aliphatic heterocycles. The smallest absolute Gasteiger partial charge is 0.407 e. The second-order valence-corrected chi connectivity index (χ2v) is 27.7. The molecule has 0 spiro atoms. The number of thioether (sulfide) groups is 1. The molecule has 93 heavy (non-hydrogen) atoms. The Hall–Kier alpha value is -3.81. The summed E-state index contributed by atoms with van der Waals surface area (Å²) in [5.41, 5.74) is 0. The molecule has 0 radical (unpaired) electrons. The summed E-state index contributed by atoms with van der Waals surface area (Å²) >= 11 is 1.76. The van der Waals surface area contributed by atoms with E-state index in [1.165, 1.54) is 148 Å². The van der Waals surface area contributed by atoms with Crippen molar-refractivity contribution in [2.75, 3.05) is 76.5 Å². The van der Waals surface area contributed by atoms with Gasteiger partial charge in [0.1, 0.15) is 25.3 Å². The SMILES string of the molecule is CCCCCCCCCCCCCCCCCC(=O)OC[C@H](COP(C)(=O)OCCNC(=O)OCCNC(=O)CCN1C(=O)CC(SCC(=O)N[C@@H](CSOOO)C(=O)N[C@@H](CSOOO)C(=O)NCC)C1=O)OC(=O)CCCCCCCCCCCCCCCCC. The first-order chi connectivity index (χ1) is 45.0. The molecule has 1 saturated heterocycles. The molecule has 1 rings (SSSR count). The van der Waals surface area contributed by atoms with Crippen molar-refractivity contribution in [2.24, 2.45) is 0 Å². The van der Waals surface area contributed by atoms with Crippen molar-refractivity contribution in [2.45, 2.75) is 263 Å². The van der Waals surface area contributed by atoms with Crippen LogP contribution in [-0.4, -0.2) is 169 Å². The predicted molar refractivity (Wildman–Crippen MR) is 357 cm³/mol. The first kappa shape index (κ1) is 87.2. The van der Waals surface area contributed by atoms with E-state index in [9.17, 15) is 47.7 Å². The molecule has 1 heterocycles. The Kier molecular flexibility index (Phi) is 55.7. The molecule has 0 aromatic rings. The van der Waals surface area contributed by atoms with Gasteiger partial charge >= 0.3 is 25.6 Å². The number of hydrogen-bond acceptors (Lipinski definition) is 24. The fourth-order valence-corrected chi connectivity index (χ4v) is 12.6. The number of unbranched alkanes of at least 4 members (excludes halogenated alkanes) is 28. The predicted octanol–water partition coefficient (Wildman–Crippen LogP) is 11.2. The van der Waals surface area contributed by atoms with Crippen molar-refractivity contribution in [3.8, 4) is 0 Å². The van der Waals surface area contributed by atoms with E-state index in [1.54, 1.807) is 6.92 Å². The fourth-order valence-electron chi connectivity index (χ4n) is 9.81. The molecule has 0 aliphatic carbocycles. The average Bonchev–Trinajstić information content (AvgIpc) is 1.73. The third-order valence-corrected chi connectivity index (χ3v) is 18.7. The summed E-state index contributed by atoms with van der Waals surface area (Å²) in [7, 11) is -3.77. The molecule has 7 amide bonds. The summed E-state index contributed by atoms with van der Waals surface area (Å²) in [6, 6.07) is -2.59. The molecule has 2 unspecified atom stereocenters. The summed E-state index contributed by atoms with van der Waals surface area (Å²) in [6.07, 6.45) is 34.0. The van der Waals surface area contributed by atoms with Crippen LogP contribution in [0.3, 0.4) is 0 Å². The lowest BCUT2D eigenvalue weighted by Crippen LogP contribution is -2.55. The van der Waals surface area contributed by atoms with Crippen LogP contribution in [0.25, 0.3) is 0 Å². The Balaban J connectivity index is 2.52. The second kappa shape index (κ2) is 59.5. The maximum atomic E-state index is 13.3. The van der Waals surface area contributed by atoms with E-state index in [1.807, 2.05) is 0 Å². The zero-order chi connectivity index (χ0) is 68.4. The zero-order valence-corrected chi connectivity index (χ0v) is 59.2. The van der Waals surface area contributed by atoms with Gasteiger partial charge in [-0.25, -0.2) is 15.3 Å². The number of likely N-dealkylation sites (tertiary alicyclic amines) is 1. The highest BCUT2D eigenvalue weighted by molar-refractivity contribution is 8.01. The van der Waals surface area contributed by atoms with Crippen molar-refractivity contribution in [1.29, 1.82) is 0 Å². The lowest BCUT2D eigenvalue weighted by atomic mass is 10.0. The van der Waals surface area contributed by atoms with Crippen molar-refractivity contribution in [1.82, 2.24) is 31.5 Å². The number of carbonyl (C=O) groups excluding carboxylic acids is 9. The Morgan fingerprint density at radius 2 is 1.02 bits per heavy atom. The Morgan fingerprint density at radius 1 is 0.548 bits per heavy atom. The Labute approximate surface area is 565 Å². The zero-order valence-electron chi connectivity index (χ0n) is 55.9. The van der Waals surface area contributed by atoms with Crippen LogP contribution >= 0.6 is 43.4 Å². The van der Waals surface area contributed by atoms with Crippen molar-refractivity contribution in [3.63, 3.8) is 0 Å². The number of ether oxygens (including phenoxy) is 3. The third-order valence-electron chi connectivity index (χ3n) is 15.0. The fraction of sp³-hybridized carbons (Fsp3) is 0.855. The number of carbonyl (C=O) groups is 9. The summed E-state index contributed by atoms with van der Waals surface area (Å²) in [6.45, 7) is 5.88. The molecule has 0 bridgehead atoms. The van der Waals surface area contributed by atoms with Gasteiger partial charge in [0.05, 0.1) is 42.3 Å². The maximum absolute atomic E-state index is 13.3. The Bertz CT molecular complexity index is 2100. The van der Waals surface area contributed by atoms with Gasteiger partial charge in [-0.2, -0.15) is 0 Å². The molecule has 7 N–H and O–H groups in total. The van der Waals surface area contributed by atoms with Gasteiger partial charge in [-0.1, -0.05) is 204 Å². The van der Waals surface area contributed by atoms with Gasteiger partial charge < -0.3 is 49.8 Å². The molecular formula is C62H113N6O21PS3. The minimum atomic E-state index is -3.77. The number of nitrogens with zero attached hydrogens (tertiary/aromatic N) is 1. The van der Waals surface area contributed by atoms with E-state index < -0.39 is 90.3 Å². The van der Waals surface area contributed by atoms with Crippen LogP contribution in [0.1, 0.15) is 239 Å². The second-order valence-electron chi connectivity index (χ2n) is 23.1. The monoisotopic (exact) mass is 1400 g/mol. The highest BCUT2D eigenvalue weighted by Gasteiger charge is 2.39. The van der Waals surface area contributed by atoms with Crippen LogP contribution in [0.2, 0.25) is 0 Å². The van der Waals surface area contributed by atoms with Crippen LogP contribution < -0.4 is 26.6 Å². The summed E-state index contributed by atoms with van der Waals surface area (Å²) < 4.78 is 49.2. The standard InChI is InChI=1S/C62H113N6O21PS3/c1-5-8-10-12-14-16-18-20-22-24-26-28-30-32-34-36-57(72)82-45-50(85-58(73)37-35-33-31-29-27-25-23-21-19-17-15-13-11-9-6-2)46-84-90(4,80)83-43-40-65-62(77)81-42-39-64-54(69)38-41-68-56(71)44-53(61(68)76)91-49-55(70)66-52(48-93-89-87-79)60(75)67-51(47-92-88-86-78)59(74)63-7-3/h50-53,78-79H,5-49H2,1-4H3,(H,63,74)(H,64,69)(H,65,77)(H,66,70)(H,67,75)/t50-,51+,52+,53?,90?/m1/s1. The van der Waals surface area contributed by atoms with E-state index in [0.29, 0.717) is 36.9 Å². The summed E-state index contributed by atoms with van der Waals surface area (Å²) in [5, 5.41) is 35.3. The quantitative estimate of drug-likeness (QED) is 0.00435. The van der Waals surface area contributed by atoms with Gasteiger partial charge in [0.25, 0.3) is 0 Å². The first-order valence-electron chi connectivity index (χ1n) is 33.9. The van der Waals surface area contributed by atoms with Crippen molar-refractivity contribution < 1.29 is 100 Å². The van der Waals surface area contributed by atoms with E-state index >= 15 is 0 Å². The maximum Gasteiger partial charge on any atom is 0.407 e. The lowest BCUT2D eigenvalue weighted by molar-refractivity contribution is -0.432. The summed E-state index contributed by atoms with van der Waals surface area (Å²) in [5.74, 6) is -5.85. The number of amides is 7. The topological polar surface area (TPSA) is 358 Å². The molecule has 31 heteroatoms. The van der Waals surface area contributed by atoms with Gasteiger partial charge in [-0.05, 0) is 19.8 Å². The largest absolute Gasteiger partial charge is 0.462 e. The van der Waals surface area contributed by atoms with Crippen LogP contribution in [0, 0.1) is 0 Å². The van der Waals surface area contributed by atoms with Crippen molar-refractivity contribution >= 4 is 96.9 Å². The highest BCUT2D eigenvalue weighted by Crippen LogP contribution is 2.43. The number of imide groups is 1. The summed E-state index contributed by atoms with van der Waals surface area (Å²) in [4.78, 5) is 116. The van der Waals surface area contributed by atoms with Crippen LogP contribution in [0.15, 0.2) is 0 Å². The molecule has 1 aliphatic rings. The minimum absolute atomic E-state index is 0.119. The molecule has 1 fully saturated rings. The van der Waals surface area contributed by atoms with Gasteiger partial charge in [-0.15, -0.1) is 20.4 Å². The minimum Gasteiger partial charge on any atom is -0.462 e. The third kappa shape index (κ3) is 49.4. The van der Waals surface area contributed by atoms with Gasteiger partial charge in [0.2, 0.25) is 35.4 Å². The number of rotatable bonds is 64. The van der Waals surface area contributed by atoms with E-state index in [-0.39, 0.29) is 89.8 Å². The molecular weight excluding hydrogens is 1290 g/mol. The molecule has 540 valence electrons. The molecule has 0 aromatic heterocycles. The molecule has 5 atom stereocenters. The van der Waals surface area contributed by atoms with Crippen molar-refractivity contribution in [3.05, 3.63) is 0 Å². The highest BCUT2D eigenvalue weighted by atomic mass is 32.2. The van der Waals surface area contributed by atoms with E-state index in [0.717, 1.165) is 55.2 Å². The normalized spacial score (nSPS) is 14.6. The number of esters is 2. The number of likely N-dealkylation sites (N-methyl/N-ethyl adjacent to an activating group) is 1. The van der Waals surface area contributed by atoms with Crippen LogP contribution in [0.5, 0.6) is 0 Å². The number of alkyl carbamates (subject to hydrolysis) is 1. The van der Waals surface area contributed by atoms with Gasteiger partial charge in [0, 0.05) is 76.1 Å². The average molecular weight is 1410 g/mol. The molecule has 0 aromatic carbocycles. The van der Waals surface area contributed by atoms with Crippen LogP contribution in [-0.2, 0) is 84.9 Å². The number of hydrogen-bond donors (Lipinski definition) is 7. The van der Waals surface area contributed by atoms with E-state index in [4.69, 9.17) is 33.8 Å². The van der Waals surface area contributed by atoms with E-state index in [2.05, 4.69) is 59.2 Å². The van der Waals surface area contributed by atoms with Gasteiger partial charge in [-0.3, -0.25) is 47.8 Å². The molecule has 0 saturated carbocycles. The number of nitrogens with one attached hydrogen (secondary N) is 5. The lowest BCUT2D eigenvalue weighted by Gasteiger charge is -2.22. The molecule has 27 nitrogen and oxygen atoms in total. The van der Waals surface area contributed by atoms with Crippen LogP contribution in [0.4, 0.5) is 4.79 Å².